The highest BCUT2D eigenvalue weighted by Gasteiger charge is 2.01. The first-order valence-electron chi connectivity index (χ1n) is 3.40. The van der Waals surface area contributed by atoms with E-state index >= 15 is 0 Å². The van der Waals surface area contributed by atoms with Crippen LogP contribution in [0.2, 0.25) is 0 Å². The number of aliphatic imine (C=N–C) groups is 1. The highest BCUT2D eigenvalue weighted by Crippen LogP contribution is 1.64. The first-order chi connectivity index (χ1) is 5.68. The molecule has 0 atom stereocenters. The number of nitrogens with zero attached hydrogens (tertiary/aromatic N) is 1. The Morgan fingerprint density at radius 2 is 1.83 bits per heavy atom. The third kappa shape index (κ3) is 5.51. The quantitative estimate of drug-likeness (QED) is 0.286. The number of nitrogens with one attached hydrogen (secondary N) is 2. The molecule has 1 aliphatic heterocycles. The van der Waals surface area contributed by atoms with Gasteiger partial charge in [-0.1, -0.05) is 0 Å². The van der Waals surface area contributed by atoms with Gasteiger partial charge in [0.2, 0.25) is 0 Å². The molecular weight excluding hydrogens is 160 g/mol. The summed E-state index contributed by atoms with van der Waals surface area (Å²) in [5.74, 6) is -2.07. The zero-order valence-electron chi connectivity index (χ0n) is 6.67. The maximum Gasteiger partial charge on any atom is 0.334 e. The fourth-order valence-corrected chi connectivity index (χ4v) is 0.520. The van der Waals surface area contributed by atoms with E-state index in [-0.39, 0.29) is 0 Å². The second-order valence-corrected chi connectivity index (χ2v) is 2.00. The molecule has 1 heterocycles. The van der Waals surface area contributed by atoms with E-state index in [4.69, 9.17) is 0 Å². The zero-order chi connectivity index (χ0) is 9.40. The predicted octanol–water partition coefficient (Wildman–Crippen LogP) is -2.16. The Labute approximate surface area is 70.2 Å². The molecule has 0 bridgehead atoms. The predicted molar refractivity (Wildman–Crippen MR) is 44.6 cm³/mol. The number of nitrogens with two attached hydrogens (primary N) is 1. The van der Waals surface area contributed by atoms with Crippen molar-refractivity contribution in [3.05, 3.63) is 0 Å². The number of hydrogen-bond donors (Lipinski definition) is 3. The van der Waals surface area contributed by atoms with Crippen molar-refractivity contribution >= 4 is 18.5 Å². The molecule has 6 heteroatoms. The Hall–Kier alpha value is -1.27. The summed E-state index contributed by atoms with van der Waals surface area (Å²) in [5.41, 5.74) is 4.42. The maximum absolute atomic E-state index is 9.81. The molecule has 0 aromatic rings. The van der Waals surface area contributed by atoms with Crippen LogP contribution in [0.25, 0.3) is 0 Å². The number of carbonyl (C=O) groups is 2. The number of rotatable bonds is 0. The molecule has 1 saturated heterocycles. The van der Waals surface area contributed by atoms with Crippen molar-refractivity contribution in [3.8, 4) is 0 Å². The summed E-state index contributed by atoms with van der Waals surface area (Å²) in [4.78, 5) is 22.2. The highest BCUT2D eigenvalue weighted by atomic mass is 16.2. The summed E-state index contributed by atoms with van der Waals surface area (Å²) in [6, 6.07) is 0. The molecule has 0 spiro atoms. The molecule has 6 nitrogen and oxygen atoms in total. The normalized spacial score (nSPS) is 14.3. The smallest absolute Gasteiger partial charge is 0.334 e. The van der Waals surface area contributed by atoms with E-state index in [9.17, 15) is 9.59 Å². The van der Waals surface area contributed by atoms with E-state index in [2.05, 4.69) is 28.1 Å². The molecule has 0 saturated carbocycles. The van der Waals surface area contributed by atoms with E-state index in [0.29, 0.717) is 0 Å². The minimum Gasteiger partial charge on any atom is -0.361 e. The lowest BCUT2D eigenvalue weighted by atomic mass is 10.6. The van der Waals surface area contributed by atoms with Crippen LogP contribution in [0.1, 0.15) is 0 Å². The van der Waals surface area contributed by atoms with Gasteiger partial charge in [-0.15, -0.1) is 0 Å². The van der Waals surface area contributed by atoms with Crippen LogP contribution in [-0.2, 0) is 9.59 Å². The lowest BCUT2D eigenvalue weighted by molar-refractivity contribution is -0.135. The van der Waals surface area contributed by atoms with Crippen molar-refractivity contribution in [3.63, 3.8) is 0 Å². The molecule has 0 aliphatic carbocycles. The Morgan fingerprint density at radius 1 is 1.33 bits per heavy atom. The SMILES string of the molecule is C1CNCN1.C=NC(=O)C(N)=O. The lowest BCUT2D eigenvalue weighted by Gasteiger charge is -1.77. The van der Waals surface area contributed by atoms with Crippen LogP contribution < -0.4 is 16.4 Å². The van der Waals surface area contributed by atoms with Gasteiger partial charge in [-0.3, -0.25) is 9.59 Å². The van der Waals surface area contributed by atoms with Crippen molar-refractivity contribution in [2.75, 3.05) is 19.8 Å². The third-order valence-electron chi connectivity index (χ3n) is 1.08. The summed E-state index contributed by atoms with van der Waals surface area (Å²) in [6.45, 7) is 6.06. The minimum absolute atomic E-state index is 1.000. The Balaban J connectivity index is 0.000000211. The van der Waals surface area contributed by atoms with E-state index in [0.717, 1.165) is 19.8 Å². The van der Waals surface area contributed by atoms with Gasteiger partial charge < -0.3 is 16.4 Å². The van der Waals surface area contributed by atoms with Gasteiger partial charge in [0, 0.05) is 19.8 Å². The summed E-state index contributed by atoms with van der Waals surface area (Å²) < 4.78 is 0. The molecule has 0 aromatic carbocycles. The minimum atomic E-state index is -1.07. The Kier molecular flexibility index (Phi) is 5.76. The van der Waals surface area contributed by atoms with Gasteiger partial charge >= 0.3 is 11.8 Å². The first-order valence-corrected chi connectivity index (χ1v) is 3.40. The Bertz CT molecular complexity index is 169. The van der Waals surface area contributed by atoms with Crippen LogP contribution in [-0.4, -0.2) is 38.3 Å². The second-order valence-electron chi connectivity index (χ2n) is 2.00. The van der Waals surface area contributed by atoms with Crippen LogP contribution in [0.4, 0.5) is 0 Å². The number of carbonyl (C=O) groups excluding carboxylic acids is 2. The van der Waals surface area contributed by atoms with Crippen LogP contribution in [0.5, 0.6) is 0 Å². The van der Waals surface area contributed by atoms with E-state index < -0.39 is 11.8 Å². The molecule has 1 rings (SSSR count). The van der Waals surface area contributed by atoms with Gasteiger partial charge in [0.15, 0.2) is 0 Å². The van der Waals surface area contributed by atoms with Crippen molar-refractivity contribution in [2.24, 2.45) is 10.7 Å². The number of primary amides is 1. The van der Waals surface area contributed by atoms with E-state index in [1.54, 1.807) is 0 Å². The topological polar surface area (TPSA) is 96.6 Å². The van der Waals surface area contributed by atoms with E-state index in [1.807, 2.05) is 0 Å². The molecule has 0 radical (unpaired) electrons. The second kappa shape index (κ2) is 6.44. The summed E-state index contributed by atoms with van der Waals surface area (Å²) in [6.07, 6.45) is 0. The molecule has 4 N–H and O–H groups in total. The van der Waals surface area contributed by atoms with Gasteiger partial charge in [0.1, 0.15) is 0 Å². The van der Waals surface area contributed by atoms with Crippen LogP contribution >= 0.6 is 0 Å². The maximum atomic E-state index is 9.81. The first kappa shape index (κ1) is 10.7. The summed E-state index contributed by atoms with van der Waals surface area (Å²) >= 11 is 0. The van der Waals surface area contributed by atoms with E-state index in [1.165, 1.54) is 0 Å². The molecule has 0 unspecified atom stereocenters. The molecule has 12 heavy (non-hydrogen) atoms. The standard InChI is InChI=1S/C3H4N2O2.C3H8N2/c1-5-3(7)2(4)6;1-2-5-3-4-1/h1H2,(H2,4,6);4-5H,1-3H2. The Morgan fingerprint density at radius 3 is 1.92 bits per heavy atom. The fourth-order valence-electron chi connectivity index (χ4n) is 0.520. The molecule has 0 aromatic heterocycles. The van der Waals surface area contributed by atoms with Crippen molar-refractivity contribution in [2.45, 2.75) is 0 Å². The van der Waals surface area contributed by atoms with Crippen molar-refractivity contribution < 1.29 is 9.59 Å². The van der Waals surface area contributed by atoms with Crippen LogP contribution in [0.3, 0.4) is 0 Å². The zero-order valence-corrected chi connectivity index (χ0v) is 6.67. The third-order valence-corrected chi connectivity index (χ3v) is 1.08. The van der Waals surface area contributed by atoms with Gasteiger partial charge in [0.25, 0.3) is 0 Å². The van der Waals surface area contributed by atoms with Crippen molar-refractivity contribution in [1.82, 2.24) is 10.6 Å². The van der Waals surface area contributed by atoms with Gasteiger partial charge in [-0.25, -0.2) is 4.99 Å². The average molecular weight is 172 g/mol. The fraction of sp³-hybridized carbons (Fsp3) is 0.500. The molecular formula is C6H12N4O2. The lowest BCUT2D eigenvalue weighted by Crippen LogP contribution is -2.20. The molecule has 1 aliphatic rings. The van der Waals surface area contributed by atoms with Gasteiger partial charge in [-0.2, -0.15) is 0 Å². The highest BCUT2D eigenvalue weighted by molar-refractivity contribution is 6.35. The van der Waals surface area contributed by atoms with Gasteiger partial charge in [0.05, 0.1) is 0 Å². The number of hydrogen-bond acceptors (Lipinski definition) is 4. The van der Waals surface area contributed by atoms with Crippen molar-refractivity contribution in [1.29, 1.82) is 0 Å². The van der Waals surface area contributed by atoms with Gasteiger partial charge in [-0.05, 0) is 6.72 Å². The number of amides is 2. The van der Waals surface area contributed by atoms with Crippen LogP contribution in [0, 0.1) is 0 Å². The molecule has 2 amide bonds. The molecule has 68 valence electrons. The largest absolute Gasteiger partial charge is 0.361 e. The summed E-state index contributed by atoms with van der Waals surface area (Å²) in [7, 11) is 0. The molecule has 1 fully saturated rings. The average Bonchev–Trinajstić information content (AvgIpc) is 2.59. The monoisotopic (exact) mass is 172 g/mol. The van der Waals surface area contributed by atoms with Crippen LogP contribution in [0.15, 0.2) is 4.99 Å². The summed E-state index contributed by atoms with van der Waals surface area (Å²) in [5, 5.41) is 6.22.